The van der Waals surface area contributed by atoms with Gasteiger partial charge in [-0.25, -0.2) is 4.98 Å². The van der Waals surface area contributed by atoms with Crippen molar-refractivity contribution in [2.24, 2.45) is 11.8 Å². The van der Waals surface area contributed by atoms with Gasteiger partial charge in [-0.2, -0.15) is 0 Å². The van der Waals surface area contributed by atoms with Crippen molar-refractivity contribution in [3.05, 3.63) is 42.0 Å². The summed E-state index contributed by atoms with van der Waals surface area (Å²) in [5.74, 6) is 1.79. The zero-order valence-electron chi connectivity index (χ0n) is 16.0. The predicted molar refractivity (Wildman–Crippen MR) is 102 cm³/mol. The van der Waals surface area contributed by atoms with Gasteiger partial charge >= 0.3 is 0 Å². The summed E-state index contributed by atoms with van der Waals surface area (Å²) in [6, 6.07) is 5.67. The molecular formula is C20H28N4O2. The van der Waals surface area contributed by atoms with E-state index in [9.17, 15) is 4.79 Å². The van der Waals surface area contributed by atoms with Crippen molar-refractivity contribution in [1.29, 1.82) is 0 Å². The van der Waals surface area contributed by atoms with Crippen LogP contribution in [0.2, 0.25) is 0 Å². The molecule has 1 aliphatic heterocycles. The molecule has 0 spiro atoms. The SMILES string of the molecule is COc1cc(C(=O)NC2CNCC(C(C)C)C2)ccc1-n1cnc(C)c1. The maximum Gasteiger partial charge on any atom is 0.251 e. The van der Waals surface area contributed by atoms with Crippen LogP contribution in [-0.4, -0.2) is 41.7 Å². The topological polar surface area (TPSA) is 68.2 Å². The van der Waals surface area contributed by atoms with Gasteiger partial charge in [0.05, 0.1) is 24.8 Å². The summed E-state index contributed by atoms with van der Waals surface area (Å²) in [6.45, 7) is 8.25. The van der Waals surface area contributed by atoms with Crippen molar-refractivity contribution in [1.82, 2.24) is 20.2 Å². The molecule has 0 aliphatic carbocycles. The van der Waals surface area contributed by atoms with E-state index in [1.807, 2.05) is 29.8 Å². The first-order valence-electron chi connectivity index (χ1n) is 9.18. The van der Waals surface area contributed by atoms with Crippen molar-refractivity contribution in [2.75, 3.05) is 20.2 Å². The monoisotopic (exact) mass is 356 g/mol. The second-order valence-electron chi connectivity index (χ2n) is 7.38. The van der Waals surface area contributed by atoms with Crippen LogP contribution in [0.5, 0.6) is 5.75 Å². The van der Waals surface area contributed by atoms with Gasteiger partial charge in [-0.05, 0) is 49.9 Å². The van der Waals surface area contributed by atoms with Crippen LogP contribution in [0.15, 0.2) is 30.7 Å². The van der Waals surface area contributed by atoms with Gasteiger partial charge in [0.15, 0.2) is 0 Å². The van der Waals surface area contributed by atoms with Crippen LogP contribution in [0.1, 0.15) is 36.3 Å². The lowest BCUT2D eigenvalue weighted by atomic mass is 9.86. The Morgan fingerprint density at radius 3 is 2.85 bits per heavy atom. The predicted octanol–water partition coefficient (Wildman–Crippen LogP) is 2.55. The minimum absolute atomic E-state index is 0.0622. The molecule has 0 radical (unpaired) electrons. The van der Waals surface area contributed by atoms with Gasteiger partial charge in [0, 0.05) is 24.3 Å². The molecule has 1 fully saturated rings. The van der Waals surface area contributed by atoms with Gasteiger partial charge < -0.3 is 19.9 Å². The fraction of sp³-hybridized carbons (Fsp3) is 0.500. The molecule has 2 atom stereocenters. The number of hydrogen-bond acceptors (Lipinski definition) is 4. The second-order valence-corrected chi connectivity index (χ2v) is 7.38. The van der Waals surface area contributed by atoms with Gasteiger partial charge in [0.25, 0.3) is 5.91 Å². The first-order chi connectivity index (χ1) is 12.5. The number of rotatable bonds is 5. The lowest BCUT2D eigenvalue weighted by Crippen LogP contribution is -2.49. The molecule has 1 amide bonds. The summed E-state index contributed by atoms with van der Waals surface area (Å²) in [5, 5.41) is 6.59. The van der Waals surface area contributed by atoms with E-state index in [0.29, 0.717) is 23.1 Å². The highest BCUT2D eigenvalue weighted by Gasteiger charge is 2.25. The summed E-state index contributed by atoms with van der Waals surface area (Å²) < 4.78 is 7.39. The van der Waals surface area contributed by atoms with Crippen LogP contribution in [0.25, 0.3) is 5.69 Å². The average molecular weight is 356 g/mol. The van der Waals surface area contributed by atoms with Crippen LogP contribution in [0, 0.1) is 18.8 Å². The standard InChI is InChI=1S/C20H28N4O2/c1-13(2)16-7-17(10-21-9-16)23-20(25)15-5-6-18(19(8-15)26-4)24-11-14(3)22-12-24/h5-6,8,11-13,16-17,21H,7,9-10H2,1-4H3,(H,23,25). The highest BCUT2D eigenvalue weighted by molar-refractivity contribution is 5.95. The summed E-state index contributed by atoms with van der Waals surface area (Å²) in [5.41, 5.74) is 2.40. The Morgan fingerprint density at radius 1 is 1.38 bits per heavy atom. The summed E-state index contributed by atoms with van der Waals surface area (Å²) in [4.78, 5) is 16.9. The Kier molecular flexibility index (Phi) is 5.61. The van der Waals surface area contributed by atoms with E-state index >= 15 is 0 Å². The molecule has 1 aromatic heterocycles. The molecule has 6 heteroatoms. The van der Waals surface area contributed by atoms with Gasteiger partial charge in [-0.15, -0.1) is 0 Å². The smallest absolute Gasteiger partial charge is 0.251 e. The Balaban J connectivity index is 1.73. The number of nitrogens with zero attached hydrogens (tertiary/aromatic N) is 2. The average Bonchev–Trinajstić information content (AvgIpc) is 3.07. The number of benzene rings is 1. The van der Waals surface area contributed by atoms with Gasteiger partial charge in [-0.3, -0.25) is 4.79 Å². The lowest BCUT2D eigenvalue weighted by Gasteiger charge is -2.32. The Labute approximate surface area is 155 Å². The number of amides is 1. The zero-order chi connectivity index (χ0) is 18.7. The molecule has 1 aliphatic rings. The molecule has 2 heterocycles. The van der Waals surface area contributed by atoms with Crippen LogP contribution < -0.4 is 15.4 Å². The molecule has 0 bridgehead atoms. The first kappa shape index (κ1) is 18.5. The van der Waals surface area contributed by atoms with Gasteiger partial charge in [-0.1, -0.05) is 13.8 Å². The number of piperidine rings is 1. The van der Waals surface area contributed by atoms with E-state index in [-0.39, 0.29) is 11.9 Å². The molecule has 3 rings (SSSR count). The number of imidazole rings is 1. The number of nitrogens with one attached hydrogen (secondary N) is 2. The van der Waals surface area contributed by atoms with Crippen molar-refractivity contribution in [2.45, 2.75) is 33.2 Å². The molecule has 1 saturated heterocycles. The Morgan fingerprint density at radius 2 is 2.19 bits per heavy atom. The first-order valence-corrected chi connectivity index (χ1v) is 9.18. The van der Waals surface area contributed by atoms with Crippen LogP contribution >= 0.6 is 0 Å². The number of carbonyl (C=O) groups is 1. The number of aryl methyl sites for hydroxylation is 1. The van der Waals surface area contributed by atoms with E-state index in [1.165, 1.54) is 0 Å². The number of methoxy groups -OCH3 is 1. The van der Waals surface area contributed by atoms with Crippen LogP contribution in [-0.2, 0) is 0 Å². The maximum atomic E-state index is 12.7. The third-order valence-electron chi connectivity index (χ3n) is 5.09. The highest BCUT2D eigenvalue weighted by Crippen LogP contribution is 2.25. The van der Waals surface area contributed by atoms with Crippen molar-refractivity contribution in [3.8, 4) is 11.4 Å². The molecule has 1 aromatic carbocycles. The largest absolute Gasteiger partial charge is 0.495 e. The normalized spacial score (nSPS) is 20.2. The molecule has 0 saturated carbocycles. The van der Waals surface area contributed by atoms with Gasteiger partial charge in [0.1, 0.15) is 5.75 Å². The fourth-order valence-corrected chi connectivity index (χ4v) is 3.45. The third kappa shape index (κ3) is 4.07. The van der Waals surface area contributed by atoms with Crippen molar-refractivity contribution < 1.29 is 9.53 Å². The fourth-order valence-electron chi connectivity index (χ4n) is 3.45. The second kappa shape index (κ2) is 7.91. The number of ether oxygens (including phenoxy) is 1. The van der Waals surface area contributed by atoms with Crippen molar-refractivity contribution in [3.63, 3.8) is 0 Å². The minimum Gasteiger partial charge on any atom is -0.495 e. The summed E-state index contributed by atoms with van der Waals surface area (Å²) >= 11 is 0. The molecule has 26 heavy (non-hydrogen) atoms. The molecular weight excluding hydrogens is 328 g/mol. The molecule has 2 aromatic rings. The van der Waals surface area contributed by atoms with Crippen LogP contribution in [0.4, 0.5) is 0 Å². The number of carbonyl (C=O) groups excluding carboxylic acids is 1. The number of hydrogen-bond donors (Lipinski definition) is 2. The maximum absolute atomic E-state index is 12.7. The highest BCUT2D eigenvalue weighted by atomic mass is 16.5. The summed E-state index contributed by atoms with van der Waals surface area (Å²) in [6.07, 6.45) is 4.68. The van der Waals surface area contributed by atoms with E-state index in [4.69, 9.17) is 4.74 Å². The van der Waals surface area contributed by atoms with E-state index < -0.39 is 0 Å². The van der Waals surface area contributed by atoms with E-state index in [0.717, 1.165) is 30.9 Å². The zero-order valence-corrected chi connectivity index (χ0v) is 16.0. The quantitative estimate of drug-likeness (QED) is 0.864. The molecule has 140 valence electrons. The minimum atomic E-state index is -0.0622. The van der Waals surface area contributed by atoms with Gasteiger partial charge in [0.2, 0.25) is 0 Å². The lowest BCUT2D eigenvalue weighted by molar-refractivity contribution is 0.0918. The Hall–Kier alpha value is -2.34. The third-order valence-corrected chi connectivity index (χ3v) is 5.09. The molecule has 2 unspecified atom stereocenters. The van der Waals surface area contributed by atoms with E-state index in [2.05, 4.69) is 29.5 Å². The molecule has 2 N–H and O–H groups in total. The molecule has 6 nitrogen and oxygen atoms in total. The van der Waals surface area contributed by atoms with Crippen molar-refractivity contribution >= 4 is 5.91 Å². The van der Waals surface area contributed by atoms with E-state index in [1.54, 1.807) is 19.5 Å². The van der Waals surface area contributed by atoms with Crippen LogP contribution in [0.3, 0.4) is 0 Å². The summed E-state index contributed by atoms with van der Waals surface area (Å²) in [7, 11) is 1.61. The number of aromatic nitrogens is 2. The Bertz CT molecular complexity index is 769.